The summed E-state index contributed by atoms with van der Waals surface area (Å²) in [5.74, 6) is 1.09. The fourth-order valence-corrected chi connectivity index (χ4v) is 3.14. The number of anilines is 2. The van der Waals surface area contributed by atoms with Gasteiger partial charge in [-0.1, -0.05) is 23.4 Å². The summed E-state index contributed by atoms with van der Waals surface area (Å²) < 4.78 is 39.5. The quantitative estimate of drug-likeness (QED) is 0.899. The zero-order valence-corrected chi connectivity index (χ0v) is 12.4. The molecule has 2 aromatic heterocycles. The average Bonchev–Trinajstić information content (AvgIpc) is 3.00. The van der Waals surface area contributed by atoms with Gasteiger partial charge in [0.25, 0.3) is 0 Å². The molecule has 2 aromatic rings. The number of aromatic nitrogens is 3. The first-order chi connectivity index (χ1) is 10.4. The summed E-state index contributed by atoms with van der Waals surface area (Å²) in [6.07, 6.45) is -3.84. The number of nitrogens with one attached hydrogen (secondary N) is 1. The number of nitrogens with zero attached hydrogens (tertiary/aromatic N) is 4. The Bertz CT molecular complexity index is 780. The Morgan fingerprint density at radius 1 is 1.41 bits per heavy atom. The van der Waals surface area contributed by atoms with E-state index in [0.717, 1.165) is 11.8 Å². The maximum atomic E-state index is 12.6. The van der Waals surface area contributed by atoms with Gasteiger partial charge in [0.1, 0.15) is 11.9 Å². The highest BCUT2D eigenvalue weighted by atomic mass is 35.5. The number of thioether (sulfide) groups is 1. The van der Waals surface area contributed by atoms with Crippen LogP contribution in [0.25, 0.3) is 0 Å². The molecular formula is C12H7ClF3N5S. The first kappa shape index (κ1) is 15.0. The fraction of sp³-hybridized carbons (Fsp3) is 0.250. The Kier molecular flexibility index (Phi) is 3.66. The lowest BCUT2D eigenvalue weighted by Gasteiger charge is -2.09. The van der Waals surface area contributed by atoms with Gasteiger partial charge in [0.2, 0.25) is 0 Å². The molecule has 0 aliphatic carbocycles. The van der Waals surface area contributed by atoms with Crippen LogP contribution in [-0.4, -0.2) is 20.3 Å². The number of halogens is 4. The molecule has 0 saturated heterocycles. The highest BCUT2D eigenvalue weighted by Crippen LogP contribution is 2.35. The van der Waals surface area contributed by atoms with E-state index in [1.165, 1.54) is 11.8 Å². The van der Waals surface area contributed by atoms with Gasteiger partial charge in [-0.2, -0.15) is 18.4 Å². The Balaban J connectivity index is 1.93. The predicted octanol–water partition coefficient (Wildman–Crippen LogP) is 3.67. The molecule has 114 valence electrons. The minimum Gasteiger partial charge on any atom is -0.321 e. The monoisotopic (exact) mass is 345 g/mol. The van der Waals surface area contributed by atoms with E-state index in [4.69, 9.17) is 11.6 Å². The lowest BCUT2D eigenvalue weighted by molar-refractivity contribution is -0.137. The number of pyridine rings is 1. The zero-order chi connectivity index (χ0) is 15.9. The van der Waals surface area contributed by atoms with Crippen molar-refractivity contribution in [1.29, 1.82) is 5.26 Å². The molecule has 0 amide bonds. The Morgan fingerprint density at radius 2 is 2.18 bits per heavy atom. The van der Waals surface area contributed by atoms with Crippen LogP contribution in [0.1, 0.15) is 11.3 Å². The van der Waals surface area contributed by atoms with E-state index in [-0.39, 0.29) is 16.7 Å². The Labute approximate surface area is 132 Å². The van der Waals surface area contributed by atoms with Crippen molar-refractivity contribution in [1.82, 2.24) is 14.5 Å². The van der Waals surface area contributed by atoms with E-state index in [2.05, 4.69) is 15.3 Å². The number of rotatable bonds is 2. The van der Waals surface area contributed by atoms with Crippen LogP contribution in [0.4, 0.5) is 24.8 Å². The maximum absolute atomic E-state index is 12.6. The largest absolute Gasteiger partial charge is 0.417 e. The Hall–Kier alpha value is -1.92. The third kappa shape index (κ3) is 2.60. The van der Waals surface area contributed by atoms with Crippen molar-refractivity contribution in [3.8, 4) is 6.07 Å². The van der Waals surface area contributed by atoms with Gasteiger partial charge in [0.05, 0.1) is 10.6 Å². The number of imidazole rings is 1. The van der Waals surface area contributed by atoms with E-state index in [1.54, 1.807) is 4.57 Å². The van der Waals surface area contributed by atoms with Gasteiger partial charge in [0, 0.05) is 18.5 Å². The van der Waals surface area contributed by atoms with Crippen molar-refractivity contribution in [2.75, 3.05) is 11.1 Å². The van der Waals surface area contributed by atoms with Crippen molar-refractivity contribution in [3.05, 3.63) is 28.5 Å². The summed E-state index contributed by atoms with van der Waals surface area (Å²) in [4.78, 5) is 7.91. The average molecular weight is 346 g/mol. The molecule has 0 saturated carbocycles. The first-order valence-corrected chi connectivity index (χ1v) is 7.39. The smallest absolute Gasteiger partial charge is 0.321 e. The second-order valence-electron chi connectivity index (χ2n) is 4.38. The summed E-state index contributed by atoms with van der Waals surface area (Å²) in [7, 11) is 0. The highest BCUT2D eigenvalue weighted by molar-refractivity contribution is 7.99. The molecule has 22 heavy (non-hydrogen) atoms. The zero-order valence-electron chi connectivity index (χ0n) is 10.8. The van der Waals surface area contributed by atoms with Gasteiger partial charge < -0.3 is 9.88 Å². The van der Waals surface area contributed by atoms with Crippen molar-refractivity contribution < 1.29 is 13.2 Å². The molecular weight excluding hydrogens is 339 g/mol. The SMILES string of the molecule is N#Cc1c(Nc2ncc(C(F)(F)F)cc2Cl)nc2n1CCS2. The maximum Gasteiger partial charge on any atom is 0.417 e. The molecule has 5 nitrogen and oxygen atoms in total. The van der Waals surface area contributed by atoms with Crippen LogP contribution in [0.2, 0.25) is 5.02 Å². The Morgan fingerprint density at radius 3 is 2.82 bits per heavy atom. The van der Waals surface area contributed by atoms with E-state index in [9.17, 15) is 18.4 Å². The lowest BCUT2D eigenvalue weighted by atomic mass is 10.3. The van der Waals surface area contributed by atoms with Crippen molar-refractivity contribution in [2.24, 2.45) is 0 Å². The third-order valence-corrected chi connectivity index (χ3v) is 4.23. The summed E-state index contributed by atoms with van der Waals surface area (Å²) in [5.41, 5.74) is -0.635. The molecule has 1 N–H and O–H groups in total. The molecule has 0 atom stereocenters. The number of hydrogen-bond donors (Lipinski definition) is 1. The molecule has 0 fully saturated rings. The molecule has 0 unspecified atom stereocenters. The molecule has 3 rings (SSSR count). The summed E-state index contributed by atoms with van der Waals surface area (Å²) in [5, 5.41) is 12.4. The van der Waals surface area contributed by atoms with Crippen LogP contribution < -0.4 is 5.32 Å². The first-order valence-electron chi connectivity index (χ1n) is 6.03. The standard InChI is InChI=1S/C12H7ClF3N5S/c13-7-3-6(12(14,15)16)5-18-9(7)19-10-8(4-17)21-1-2-22-11(21)20-10/h3,5H,1-2H2,(H,18,19). The van der Waals surface area contributed by atoms with Crippen molar-refractivity contribution in [3.63, 3.8) is 0 Å². The second-order valence-corrected chi connectivity index (χ2v) is 5.85. The molecule has 0 spiro atoms. The van der Waals surface area contributed by atoms with Gasteiger partial charge >= 0.3 is 6.18 Å². The minimum absolute atomic E-state index is 0.0212. The third-order valence-electron chi connectivity index (χ3n) is 2.99. The van der Waals surface area contributed by atoms with Crippen LogP contribution in [-0.2, 0) is 12.7 Å². The van der Waals surface area contributed by atoms with E-state index < -0.39 is 11.7 Å². The molecule has 0 aromatic carbocycles. The molecule has 1 aliphatic heterocycles. The van der Waals surface area contributed by atoms with Gasteiger partial charge in [-0.15, -0.1) is 0 Å². The van der Waals surface area contributed by atoms with Crippen LogP contribution >= 0.6 is 23.4 Å². The van der Waals surface area contributed by atoms with Gasteiger partial charge in [-0.25, -0.2) is 9.97 Å². The number of nitriles is 1. The molecule has 3 heterocycles. The highest BCUT2D eigenvalue weighted by Gasteiger charge is 2.32. The summed E-state index contributed by atoms with van der Waals surface area (Å²) in [6.45, 7) is 0.658. The van der Waals surface area contributed by atoms with Gasteiger partial charge in [-0.05, 0) is 6.07 Å². The fourth-order valence-electron chi connectivity index (χ4n) is 1.98. The topological polar surface area (TPSA) is 66.5 Å². The van der Waals surface area contributed by atoms with Crippen molar-refractivity contribution >= 4 is 35.0 Å². The van der Waals surface area contributed by atoms with E-state index in [0.29, 0.717) is 23.6 Å². The van der Waals surface area contributed by atoms with E-state index >= 15 is 0 Å². The summed E-state index contributed by atoms with van der Waals surface area (Å²) >= 11 is 7.33. The molecule has 1 aliphatic rings. The van der Waals surface area contributed by atoms with Gasteiger partial charge in [0.15, 0.2) is 16.7 Å². The van der Waals surface area contributed by atoms with Crippen LogP contribution in [0.3, 0.4) is 0 Å². The predicted molar refractivity (Wildman–Crippen MR) is 75.2 cm³/mol. The van der Waals surface area contributed by atoms with E-state index in [1.807, 2.05) is 6.07 Å². The molecule has 0 radical (unpaired) electrons. The van der Waals surface area contributed by atoms with Crippen LogP contribution in [0, 0.1) is 11.3 Å². The number of alkyl halides is 3. The number of fused-ring (bicyclic) bond motifs is 1. The molecule has 0 bridgehead atoms. The van der Waals surface area contributed by atoms with Crippen LogP contribution in [0.15, 0.2) is 17.4 Å². The summed E-state index contributed by atoms with van der Waals surface area (Å²) in [6, 6.07) is 2.80. The normalized spacial score (nSPS) is 13.8. The lowest BCUT2D eigenvalue weighted by Crippen LogP contribution is -2.07. The van der Waals surface area contributed by atoms with Crippen LogP contribution in [0.5, 0.6) is 0 Å². The molecule has 10 heteroatoms. The van der Waals surface area contributed by atoms with Gasteiger partial charge in [-0.3, -0.25) is 0 Å². The minimum atomic E-state index is -4.51. The second kappa shape index (κ2) is 5.37. The number of hydrogen-bond acceptors (Lipinski definition) is 5. The van der Waals surface area contributed by atoms with Crippen molar-refractivity contribution in [2.45, 2.75) is 17.9 Å².